The summed E-state index contributed by atoms with van der Waals surface area (Å²) < 4.78 is 18.1. The fourth-order valence-electron chi connectivity index (χ4n) is 2.21. The molecule has 0 aromatic heterocycles. The Morgan fingerprint density at radius 2 is 1.85 bits per heavy atom. The van der Waals surface area contributed by atoms with Gasteiger partial charge in [0.05, 0.1) is 13.2 Å². The van der Waals surface area contributed by atoms with Crippen molar-refractivity contribution in [1.82, 2.24) is 0 Å². The number of methoxy groups -OCH3 is 1. The van der Waals surface area contributed by atoms with Crippen molar-refractivity contribution in [2.75, 3.05) is 13.7 Å². The van der Waals surface area contributed by atoms with Gasteiger partial charge < -0.3 is 15.6 Å². The number of benzene rings is 2. The molecule has 2 atom stereocenters. The summed E-state index contributed by atoms with van der Waals surface area (Å²) in [4.78, 5) is 0. The Balaban J connectivity index is 2.28. The van der Waals surface area contributed by atoms with Gasteiger partial charge in [-0.25, -0.2) is 4.39 Å². The van der Waals surface area contributed by atoms with Gasteiger partial charge in [0.2, 0.25) is 0 Å². The number of ether oxygens (including phenoxy) is 1. The molecule has 3 nitrogen and oxygen atoms in total. The second-order valence-corrected chi connectivity index (χ2v) is 4.62. The van der Waals surface area contributed by atoms with Crippen LogP contribution < -0.4 is 10.5 Å². The summed E-state index contributed by atoms with van der Waals surface area (Å²) in [6, 6.07) is 13.2. The van der Waals surface area contributed by atoms with Crippen molar-refractivity contribution in [2.45, 2.75) is 12.0 Å². The Kier molecular flexibility index (Phi) is 4.71. The van der Waals surface area contributed by atoms with Crippen LogP contribution in [-0.4, -0.2) is 18.8 Å². The van der Waals surface area contributed by atoms with Gasteiger partial charge in [-0.05, 0) is 35.4 Å². The Morgan fingerprint density at radius 3 is 2.45 bits per heavy atom. The highest BCUT2D eigenvalue weighted by molar-refractivity contribution is 5.33. The predicted molar refractivity (Wildman–Crippen MR) is 76.1 cm³/mol. The molecule has 2 aromatic rings. The minimum Gasteiger partial charge on any atom is -0.497 e. The lowest BCUT2D eigenvalue weighted by Crippen LogP contribution is -2.20. The largest absolute Gasteiger partial charge is 0.497 e. The van der Waals surface area contributed by atoms with Crippen molar-refractivity contribution in [2.24, 2.45) is 5.73 Å². The average molecular weight is 275 g/mol. The zero-order valence-corrected chi connectivity index (χ0v) is 11.3. The molecule has 0 radical (unpaired) electrons. The minimum absolute atomic E-state index is 0.268. The van der Waals surface area contributed by atoms with E-state index in [1.807, 2.05) is 24.3 Å². The lowest BCUT2D eigenvalue weighted by atomic mass is 9.89. The fraction of sp³-hybridized carbons (Fsp3) is 0.250. The van der Waals surface area contributed by atoms with Gasteiger partial charge in [-0.15, -0.1) is 0 Å². The minimum atomic E-state index is -0.785. The van der Waals surface area contributed by atoms with Gasteiger partial charge in [-0.2, -0.15) is 0 Å². The first-order valence-electron chi connectivity index (χ1n) is 6.43. The summed E-state index contributed by atoms with van der Waals surface area (Å²) in [6.45, 7) is 0.283. The molecule has 0 amide bonds. The monoisotopic (exact) mass is 275 g/mol. The Morgan fingerprint density at radius 1 is 1.15 bits per heavy atom. The lowest BCUT2D eigenvalue weighted by Gasteiger charge is -2.22. The molecule has 0 aliphatic rings. The molecule has 0 spiro atoms. The maximum atomic E-state index is 12.9. The first kappa shape index (κ1) is 14.5. The highest BCUT2D eigenvalue weighted by Crippen LogP contribution is 2.31. The summed E-state index contributed by atoms with van der Waals surface area (Å²) in [5.74, 6) is 0.120. The van der Waals surface area contributed by atoms with E-state index in [-0.39, 0.29) is 18.3 Å². The third-order valence-electron chi connectivity index (χ3n) is 3.37. The summed E-state index contributed by atoms with van der Waals surface area (Å²) >= 11 is 0. The number of halogens is 1. The van der Waals surface area contributed by atoms with E-state index in [0.29, 0.717) is 11.3 Å². The van der Waals surface area contributed by atoms with E-state index in [2.05, 4.69) is 0 Å². The molecule has 0 saturated heterocycles. The molecule has 106 valence electrons. The van der Waals surface area contributed by atoms with Crippen LogP contribution in [0.15, 0.2) is 48.5 Å². The zero-order valence-electron chi connectivity index (χ0n) is 11.3. The number of rotatable bonds is 5. The standard InChI is InChI=1S/C16H18FNO2/c1-20-14-4-2-3-12(9-14)15(10-18)16(19)11-5-7-13(17)8-6-11/h2-9,15-16,19H,10,18H2,1H3. The second kappa shape index (κ2) is 6.50. The average Bonchev–Trinajstić information content (AvgIpc) is 2.49. The highest BCUT2D eigenvalue weighted by atomic mass is 19.1. The van der Waals surface area contributed by atoms with E-state index in [4.69, 9.17) is 10.5 Å². The summed E-state index contributed by atoms with van der Waals surface area (Å²) in [5, 5.41) is 10.4. The molecule has 4 heteroatoms. The highest BCUT2D eigenvalue weighted by Gasteiger charge is 2.21. The van der Waals surface area contributed by atoms with Gasteiger partial charge in [0.25, 0.3) is 0 Å². The molecule has 0 aliphatic carbocycles. The molecule has 0 saturated carbocycles. The molecule has 20 heavy (non-hydrogen) atoms. The molecule has 2 aromatic carbocycles. The van der Waals surface area contributed by atoms with Crippen molar-refractivity contribution in [1.29, 1.82) is 0 Å². The molecule has 2 unspecified atom stereocenters. The first-order valence-corrected chi connectivity index (χ1v) is 6.43. The van der Waals surface area contributed by atoms with E-state index in [0.717, 1.165) is 5.56 Å². The molecule has 0 heterocycles. The van der Waals surface area contributed by atoms with Crippen LogP contribution in [0.25, 0.3) is 0 Å². The smallest absolute Gasteiger partial charge is 0.123 e. The Bertz CT molecular complexity index is 557. The van der Waals surface area contributed by atoms with Crippen LogP contribution in [0, 0.1) is 5.82 Å². The third-order valence-corrected chi connectivity index (χ3v) is 3.37. The molecule has 0 fully saturated rings. The number of hydrogen-bond acceptors (Lipinski definition) is 3. The summed E-state index contributed by atoms with van der Waals surface area (Å²) in [5.41, 5.74) is 7.33. The number of aliphatic hydroxyl groups is 1. The van der Waals surface area contributed by atoms with Crippen molar-refractivity contribution in [3.8, 4) is 5.75 Å². The normalized spacial score (nSPS) is 13.8. The van der Waals surface area contributed by atoms with Crippen molar-refractivity contribution >= 4 is 0 Å². The number of hydrogen-bond donors (Lipinski definition) is 2. The van der Waals surface area contributed by atoms with Crippen LogP contribution in [0.4, 0.5) is 4.39 Å². The number of aliphatic hydroxyl groups excluding tert-OH is 1. The second-order valence-electron chi connectivity index (χ2n) is 4.62. The summed E-state index contributed by atoms with van der Waals surface area (Å²) in [7, 11) is 1.59. The lowest BCUT2D eigenvalue weighted by molar-refractivity contribution is 0.147. The van der Waals surface area contributed by atoms with E-state index >= 15 is 0 Å². The van der Waals surface area contributed by atoms with Crippen LogP contribution in [-0.2, 0) is 0 Å². The van der Waals surface area contributed by atoms with Crippen molar-refractivity contribution < 1.29 is 14.2 Å². The molecular formula is C16H18FNO2. The van der Waals surface area contributed by atoms with Gasteiger partial charge in [0.1, 0.15) is 11.6 Å². The maximum absolute atomic E-state index is 12.9. The van der Waals surface area contributed by atoms with Gasteiger partial charge in [0, 0.05) is 12.5 Å². The van der Waals surface area contributed by atoms with E-state index < -0.39 is 6.10 Å². The van der Waals surface area contributed by atoms with Gasteiger partial charge in [0.15, 0.2) is 0 Å². The predicted octanol–water partition coefficient (Wildman–Crippen LogP) is 2.61. The third kappa shape index (κ3) is 3.15. The fourth-order valence-corrected chi connectivity index (χ4v) is 2.21. The Labute approximate surface area is 117 Å². The van der Waals surface area contributed by atoms with Crippen LogP contribution in [0.2, 0.25) is 0 Å². The Hall–Kier alpha value is -1.91. The van der Waals surface area contributed by atoms with Gasteiger partial charge in [-0.3, -0.25) is 0 Å². The zero-order chi connectivity index (χ0) is 14.5. The van der Waals surface area contributed by atoms with Crippen molar-refractivity contribution in [3.63, 3.8) is 0 Å². The van der Waals surface area contributed by atoms with Crippen molar-refractivity contribution in [3.05, 3.63) is 65.5 Å². The van der Waals surface area contributed by atoms with Crippen LogP contribution in [0.1, 0.15) is 23.1 Å². The molecule has 2 rings (SSSR count). The van der Waals surface area contributed by atoms with E-state index in [1.165, 1.54) is 12.1 Å². The molecule has 0 aliphatic heterocycles. The first-order chi connectivity index (χ1) is 9.65. The van der Waals surface area contributed by atoms with Crippen LogP contribution in [0.5, 0.6) is 5.75 Å². The van der Waals surface area contributed by atoms with Crippen LogP contribution >= 0.6 is 0 Å². The molecule has 0 bridgehead atoms. The van der Waals surface area contributed by atoms with E-state index in [1.54, 1.807) is 19.2 Å². The number of nitrogens with two attached hydrogens (primary N) is 1. The summed E-state index contributed by atoms with van der Waals surface area (Å²) in [6.07, 6.45) is -0.785. The molecule has 3 N–H and O–H groups in total. The molecular weight excluding hydrogens is 257 g/mol. The quantitative estimate of drug-likeness (QED) is 0.882. The van der Waals surface area contributed by atoms with Gasteiger partial charge in [-0.1, -0.05) is 24.3 Å². The topological polar surface area (TPSA) is 55.5 Å². The van der Waals surface area contributed by atoms with E-state index in [9.17, 15) is 9.50 Å². The van der Waals surface area contributed by atoms with Crippen LogP contribution in [0.3, 0.4) is 0 Å². The van der Waals surface area contributed by atoms with Gasteiger partial charge >= 0.3 is 0 Å². The SMILES string of the molecule is COc1cccc(C(CN)C(O)c2ccc(F)cc2)c1. The maximum Gasteiger partial charge on any atom is 0.123 e.